The molecule has 0 aromatic carbocycles. The maximum Gasteiger partial charge on any atom is 0.0584 e. The SMILES string of the molecule is CC(C)CC(CO)NC1CCCC1(C)C. The fraction of sp³-hybridized carbons (Fsp3) is 1.00. The van der Waals surface area contributed by atoms with Gasteiger partial charge in [-0.2, -0.15) is 0 Å². The summed E-state index contributed by atoms with van der Waals surface area (Å²) in [5.41, 5.74) is 0.407. The lowest BCUT2D eigenvalue weighted by Gasteiger charge is -2.32. The molecule has 1 fully saturated rings. The molecule has 0 spiro atoms. The maximum atomic E-state index is 9.34. The number of nitrogens with one attached hydrogen (secondary N) is 1. The molecule has 0 aromatic rings. The van der Waals surface area contributed by atoms with Gasteiger partial charge in [-0.3, -0.25) is 0 Å². The van der Waals surface area contributed by atoms with Gasteiger partial charge in [0.25, 0.3) is 0 Å². The van der Waals surface area contributed by atoms with Gasteiger partial charge >= 0.3 is 0 Å². The van der Waals surface area contributed by atoms with E-state index in [9.17, 15) is 5.11 Å². The molecule has 2 atom stereocenters. The second-order valence-electron chi connectivity index (χ2n) is 6.11. The van der Waals surface area contributed by atoms with Crippen molar-refractivity contribution < 1.29 is 5.11 Å². The van der Waals surface area contributed by atoms with Crippen LogP contribution in [-0.2, 0) is 0 Å². The summed E-state index contributed by atoms with van der Waals surface area (Å²) in [5.74, 6) is 0.652. The Labute approximate surface area is 94.5 Å². The zero-order valence-corrected chi connectivity index (χ0v) is 10.7. The standard InChI is InChI=1S/C13H27NO/c1-10(2)8-11(9-15)14-12-6-5-7-13(12,3)4/h10-12,14-15H,5-9H2,1-4H3. The molecule has 0 bridgehead atoms. The van der Waals surface area contributed by atoms with E-state index in [2.05, 4.69) is 33.0 Å². The third-order valence-corrected chi connectivity index (χ3v) is 3.67. The van der Waals surface area contributed by atoms with Crippen molar-refractivity contribution in [3.8, 4) is 0 Å². The molecular formula is C13H27NO. The van der Waals surface area contributed by atoms with Crippen LogP contribution in [0.3, 0.4) is 0 Å². The molecule has 1 rings (SSSR count). The highest BCUT2D eigenvalue weighted by atomic mass is 16.3. The second-order valence-corrected chi connectivity index (χ2v) is 6.11. The molecule has 2 heteroatoms. The summed E-state index contributed by atoms with van der Waals surface area (Å²) in [7, 11) is 0. The molecule has 1 aliphatic carbocycles. The van der Waals surface area contributed by atoms with E-state index < -0.39 is 0 Å². The molecule has 0 aliphatic heterocycles. The summed E-state index contributed by atoms with van der Waals surface area (Å²) in [5, 5.41) is 13.0. The van der Waals surface area contributed by atoms with Crippen molar-refractivity contribution in [3.05, 3.63) is 0 Å². The van der Waals surface area contributed by atoms with Crippen molar-refractivity contribution in [2.75, 3.05) is 6.61 Å². The Morgan fingerprint density at radius 2 is 2.07 bits per heavy atom. The van der Waals surface area contributed by atoms with Gasteiger partial charge in [0.1, 0.15) is 0 Å². The average Bonchev–Trinajstić information content (AvgIpc) is 2.44. The van der Waals surface area contributed by atoms with Gasteiger partial charge in [0.15, 0.2) is 0 Å². The molecule has 1 aliphatic rings. The van der Waals surface area contributed by atoms with E-state index in [-0.39, 0.29) is 12.6 Å². The normalized spacial score (nSPS) is 27.2. The van der Waals surface area contributed by atoms with Crippen LogP contribution in [0.25, 0.3) is 0 Å². The average molecular weight is 213 g/mol. The van der Waals surface area contributed by atoms with Crippen LogP contribution in [0, 0.1) is 11.3 Å². The highest BCUT2D eigenvalue weighted by Crippen LogP contribution is 2.37. The first kappa shape index (κ1) is 13.0. The van der Waals surface area contributed by atoms with Crippen LogP contribution in [0.5, 0.6) is 0 Å². The smallest absolute Gasteiger partial charge is 0.0584 e. The molecule has 0 amide bonds. The van der Waals surface area contributed by atoms with Gasteiger partial charge in [-0.15, -0.1) is 0 Å². The number of aliphatic hydroxyl groups excluding tert-OH is 1. The van der Waals surface area contributed by atoms with Crippen LogP contribution >= 0.6 is 0 Å². The van der Waals surface area contributed by atoms with Crippen molar-refractivity contribution in [2.24, 2.45) is 11.3 Å². The quantitative estimate of drug-likeness (QED) is 0.735. The molecular weight excluding hydrogens is 186 g/mol. The van der Waals surface area contributed by atoms with Crippen molar-refractivity contribution in [1.82, 2.24) is 5.32 Å². The third-order valence-electron chi connectivity index (χ3n) is 3.67. The van der Waals surface area contributed by atoms with Crippen LogP contribution in [0.15, 0.2) is 0 Å². The van der Waals surface area contributed by atoms with E-state index in [1.54, 1.807) is 0 Å². The number of hydrogen-bond acceptors (Lipinski definition) is 2. The summed E-state index contributed by atoms with van der Waals surface area (Å²) in [6, 6.07) is 0.876. The van der Waals surface area contributed by atoms with Gasteiger partial charge in [-0.25, -0.2) is 0 Å². The summed E-state index contributed by atoms with van der Waals surface area (Å²) >= 11 is 0. The zero-order valence-electron chi connectivity index (χ0n) is 10.7. The van der Waals surface area contributed by atoms with Gasteiger partial charge in [0.05, 0.1) is 6.61 Å². The van der Waals surface area contributed by atoms with E-state index in [4.69, 9.17) is 0 Å². The lowest BCUT2D eigenvalue weighted by molar-refractivity contribution is 0.182. The van der Waals surface area contributed by atoms with Crippen LogP contribution in [0.4, 0.5) is 0 Å². The van der Waals surface area contributed by atoms with Crippen molar-refractivity contribution in [3.63, 3.8) is 0 Å². The first-order valence-corrected chi connectivity index (χ1v) is 6.32. The third kappa shape index (κ3) is 3.76. The monoisotopic (exact) mass is 213 g/mol. The Bertz CT molecular complexity index is 189. The maximum absolute atomic E-state index is 9.34. The minimum Gasteiger partial charge on any atom is -0.395 e. The molecule has 2 N–H and O–H groups in total. The molecule has 2 unspecified atom stereocenters. The minimum atomic E-state index is 0.269. The first-order chi connectivity index (χ1) is 6.95. The minimum absolute atomic E-state index is 0.269. The Balaban J connectivity index is 2.44. The molecule has 0 radical (unpaired) electrons. The summed E-state index contributed by atoms with van der Waals surface area (Å²) in [4.78, 5) is 0. The lowest BCUT2D eigenvalue weighted by atomic mass is 9.86. The Morgan fingerprint density at radius 3 is 2.47 bits per heavy atom. The predicted molar refractivity (Wildman–Crippen MR) is 64.9 cm³/mol. The summed E-state index contributed by atoms with van der Waals surface area (Å²) < 4.78 is 0. The summed E-state index contributed by atoms with van der Waals surface area (Å²) in [6.45, 7) is 9.36. The first-order valence-electron chi connectivity index (χ1n) is 6.32. The highest BCUT2D eigenvalue weighted by molar-refractivity contribution is 4.91. The zero-order chi connectivity index (χ0) is 11.5. The van der Waals surface area contributed by atoms with E-state index in [0.29, 0.717) is 17.4 Å². The molecule has 0 aromatic heterocycles. The van der Waals surface area contributed by atoms with Gasteiger partial charge in [0.2, 0.25) is 0 Å². The van der Waals surface area contributed by atoms with Crippen LogP contribution in [0.2, 0.25) is 0 Å². The number of hydrogen-bond donors (Lipinski definition) is 2. The fourth-order valence-electron chi connectivity index (χ4n) is 2.68. The van der Waals surface area contributed by atoms with Gasteiger partial charge < -0.3 is 10.4 Å². The molecule has 2 nitrogen and oxygen atoms in total. The van der Waals surface area contributed by atoms with Gasteiger partial charge in [-0.1, -0.05) is 34.1 Å². The van der Waals surface area contributed by atoms with Crippen LogP contribution in [0.1, 0.15) is 53.4 Å². The summed E-state index contributed by atoms with van der Waals surface area (Å²) in [6.07, 6.45) is 4.97. The van der Waals surface area contributed by atoms with Crippen molar-refractivity contribution in [2.45, 2.75) is 65.5 Å². The van der Waals surface area contributed by atoms with E-state index in [1.165, 1.54) is 19.3 Å². The number of rotatable bonds is 5. The molecule has 15 heavy (non-hydrogen) atoms. The van der Waals surface area contributed by atoms with Crippen molar-refractivity contribution >= 4 is 0 Å². The second kappa shape index (κ2) is 5.31. The largest absolute Gasteiger partial charge is 0.395 e. The van der Waals surface area contributed by atoms with Gasteiger partial charge in [0, 0.05) is 12.1 Å². The molecule has 0 saturated heterocycles. The Kier molecular flexibility index (Phi) is 4.60. The van der Waals surface area contributed by atoms with E-state index in [0.717, 1.165) is 6.42 Å². The van der Waals surface area contributed by atoms with E-state index in [1.807, 2.05) is 0 Å². The Morgan fingerprint density at radius 1 is 1.40 bits per heavy atom. The topological polar surface area (TPSA) is 32.3 Å². The fourth-order valence-corrected chi connectivity index (χ4v) is 2.68. The lowest BCUT2D eigenvalue weighted by Crippen LogP contribution is -2.46. The molecule has 0 heterocycles. The predicted octanol–water partition coefficient (Wildman–Crippen LogP) is 2.56. The molecule has 90 valence electrons. The van der Waals surface area contributed by atoms with Crippen molar-refractivity contribution in [1.29, 1.82) is 0 Å². The molecule has 1 saturated carbocycles. The van der Waals surface area contributed by atoms with Crippen LogP contribution in [-0.4, -0.2) is 23.8 Å². The Hall–Kier alpha value is -0.0800. The van der Waals surface area contributed by atoms with E-state index >= 15 is 0 Å². The van der Waals surface area contributed by atoms with Crippen LogP contribution < -0.4 is 5.32 Å². The highest BCUT2D eigenvalue weighted by Gasteiger charge is 2.35. The number of aliphatic hydroxyl groups is 1. The van der Waals surface area contributed by atoms with Gasteiger partial charge in [-0.05, 0) is 30.6 Å².